The highest BCUT2D eigenvalue weighted by molar-refractivity contribution is 6.00. The van der Waals surface area contributed by atoms with Crippen LogP contribution in [0.2, 0.25) is 0 Å². The normalized spacial score (nSPS) is 10.1. The fourth-order valence-corrected chi connectivity index (χ4v) is 1.84. The van der Waals surface area contributed by atoms with Crippen LogP contribution in [0.5, 0.6) is 0 Å². The highest BCUT2D eigenvalue weighted by atomic mass is 16.5. The van der Waals surface area contributed by atoms with Gasteiger partial charge in [0.25, 0.3) is 0 Å². The molecule has 0 saturated heterocycles. The number of rotatable bonds is 4. The lowest BCUT2D eigenvalue weighted by Crippen LogP contribution is -2.15. The molecule has 104 valence electrons. The molecule has 2 aromatic rings. The van der Waals surface area contributed by atoms with Crippen molar-refractivity contribution in [1.29, 1.82) is 0 Å². The summed E-state index contributed by atoms with van der Waals surface area (Å²) in [5.74, 6) is -0.746. The fourth-order valence-electron chi connectivity index (χ4n) is 1.84. The molecule has 2 rings (SSSR count). The summed E-state index contributed by atoms with van der Waals surface area (Å²) in [7, 11) is 0. The Morgan fingerprint density at radius 3 is 2.80 bits per heavy atom. The molecule has 0 spiro atoms. The van der Waals surface area contributed by atoms with E-state index >= 15 is 0 Å². The standard InChI is InChI=1S/C14H15N3O3/c1-3-20-14(19)13-12(16-10(2)18)6-8-17(13)11-5-4-7-15-9-11/h4-9H,3H2,1-2H3,(H,16,18). The molecule has 2 heterocycles. The molecule has 0 aliphatic carbocycles. The first kappa shape index (κ1) is 13.8. The smallest absolute Gasteiger partial charge is 0.357 e. The molecule has 0 unspecified atom stereocenters. The van der Waals surface area contributed by atoms with Crippen molar-refractivity contribution in [3.05, 3.63) is 42.5 Å². The van der Waals surface area contributed by atoms with Gasteiger partial charge in [-0.1, -0.05) is 0 Å². The van der Waals surface area contributed by atoms with Gasteiger partial charge in [-0.3, -0.25) is 9.78 Å². The van der Waals surface area contributed by atoms with E-state index in [1.165, 1.54) is 6.92 Å². The summed E-state index contributed by atoms with van der Waals surface area (Å²) in [6.07, 6.45) is 4.96. The number of hydrogen-bond donors (Lipinski definition) is 1. The summed E-state index contributed by atoms with van der Waals surface area (Å²) in [5, 5.41) is 2.62. The number of anilines is 1. The van der Waals surface area contributed by atoms with Gasteiger partial charge in [-0.05, 0) is 25.1 Å². The van der Waals surface area contributed by atoms with E-state index in [2.05, 4.69) is 10.3 Å². The lowest BCUT2D eigenvalue weighted by Gasteiger charge is -2.10. The van der Waals surface area contributed by atoms with E-state index in [9.17, 15) is 9.59 Å². The quantitative estimate of drug-likeness (QED) is 0.865. The summed E-state index contributed by atoms with van der Waals surface area (Å²) in [4.78, 5) is 27.3. The molecule has 2 aromatic heterocycles. The Morgan fingerprint density at radius 1 is 1.40 bits per heavy atom. The van der Waals surface area contributed by atoms with E-state index in [0.717, 1.165) is 0 Å². The third-order valence-corrected chi connectivity index (χ3v) is 2.59. The lowest BCUT2D eigenvalue weighted by atomic mass is 10.3. The monoisotopic (exact) mass is 273 g/mol. The number of esters is 1. The second kappa shape index (κ2) is 6.01. The molecule has 6 heteroatoms. The molecule has 0 aliphatic heterocycles. The Labute approximate surface area is 116 Å². The number of aromatic nitrogens is 2. The van der Waals surface area contributed by atoms with Crippen LogP contribution in [0.1, 0.15) is 24.3 Å². The van der Waals surface area contributed by atoms with E-state index in [-0.39, 0.29) is 18.2 Å². The van der Waals surface area contributed by atoms with Gasteiger partial charge in [0.1, 0.15) is 0 Å². The summed E-state index contributed by atoms with van der Waals surface area (Å²) in [6.45, 7) is 3.38. The van der Waals surface area contributed by atoms with Crippen molar-refractivity contribution in [2.45, 2.75) is 13.8 Å². The predicted molar refractivity (Wildman–Crippen MR) is 73.8 cm³/mol. The first-order chi connectivity index (χ1) is 9.63. The van der Waals surface area contributed by atoms with Gasteiger partial charge in [0.2, 0.25) is 5.91 Å². The summed E-state index contributed by atoms with van der Waals surface area (Å²) in [6, 6.07) is 5.23. The Balaban J connectivity index is 2.49. The average molecular weight is 273 g/mol. The number of hydrogen-bond acceptors (Lipinski definition) is 4. The topological polar surface area (TPSA) is 73.2 Å². The molecule has 0 fully saturated rings. The molecule has 1 N–H and O–H groups in total. The second-order valence-electron chi connectivity index (χ2n) is 4.06. The molecule has 1 amide bonds. The SMILES string of the molecule is CCOC(=O)c1c(NC(C)=O)ccn1-c1cccnc1. The summed E-state index contributed by atoms with van der Waals surface area (Å²) in [5.41, 5.74) is 1.40. The first-order valence-electron chi connectivity index (χ1n) is 6.20. The lowest BCUT2D eigenvalue weighted by molar-refractivity contribution is -0.114. The summed E-state index contributed by atoms with van der Waals surface area (Å²) < 4.78 is 6.67. The minimum absolute atomic E-state index is 0.250. The van der Waals surface area contributed by atoms with Gasteiger partial charge in [0, 0.05) is 19.3 Å². The maximum absolute atomic E-state index is 12.1. The Bertz CT molecular complexity index is 620. The maximum atomic E-state index is 12.1. The van der Waals surface area contributed by atoms with Gasteiger partial charge >= 0.3 is 5.97 Å². The zero-order valence-corrected chi connectivity index (χ0v) is 11.3. The van der Waals surface area contributed by atoms with Crippen LogP contribution in [0.4, 0.5) is 5.69 Å². The molecule has 20 heavy (non-hydrogen) atoms. The van der Waals surface area contributed by atoms with E-state index < -0.39 is 5.97 Å². The first-order valence-corrected chi connectivity index (χ1v) is 6.20. The van der Waals surface area contributed by atoms with Gasteiger partial charge in [0.15, 0.2) is 5.69 Å². The highest BCUT2D eigenvalue weighted by Gasteiger charge is 2.20. The molecule has 0 bridgehead atoms. The fraction of sp³-hybridized carbons (Fsp3) is 0.214. The maximum Gasteiger partial charge on any atom is 0.357 e. The zero-order chi connectivity index (χ0) is 14.5. The minimum atomic E-state index is -0.495. The van der Waals surface area contributed by atoms with Gasteiger partial charge in [-0.2, -0.15) is 0 Å². The second-order valence-corrected chi connectivity index (χ2v) is 4.06. The molecule has 0 aromatic carbocycles. The molecule has 0 radical (unpaired) electrons. The molecular weight excluding hydrogens is 258 g/mol. The number of nitrogens with zero attached hydrogens (tertiary/aromatic N) is 2. The van der Waals surface area contributed by atoms with Crippen molar-refractivity contribution < 1.29 is 14.3 Å². The third kappa shape index (κ3) is 2.85. The van der Waals surface area contributed by atoms with E-state index in [0.29, 0.717) is 11.4 Å². The van der Waals surface area contributed by atoms with Crippen molar-refractivity contribution in [1.82, 2.24) is 9.55 Å². The number of carbonyl (C=O) groups excluding carboxylic acids is 2. The molecule has 0 aliphatic rings. The third-order valence-electron chi connectivity index (χ3n) is 2.59. The Hall–Kier alpha value is -2.63. The van der Waals surface area contributed by atoms with Crippen molar-refractivity contribution in [3.63, 3.8) is 0 Å². The van der Waals surface area contributed by atoms with Crippen LogP contribution in [0.15, 0.2) is 36.8 Å². The van der Waals surface area contributed by atoms with Crippen LogP contribution in [-0.2, 0) is 9.53 Å². The largest absolute Gasteiger partial charge is 0.461 e. The molecule has 0 atom stereocenters. The summed E-state index contributed by atoms with van der Waals surface area (Å²) >= 11 is 0. The van der Waals surface area contributed by atoms with Gasteiger partial charge < -0.3 is 14.6 Å². The van der Waals surface area contributed by atoms with E-state index in [4.69, 9.17) is 4.74 Å². The van der Waals surface area contributed by atoms with E-state index in [1.54, 1.807) is 42.2 Å². The minimum Gasteiger partial charge on any atom is -0.461 e. The zero-order valence-electron chi connectivity index (χ0n) is 11.3. The van der Waals surface area contributed by atoms with Crippen molar-refractivity contribution in [2.24, 2.45) is 0 Å². The average Bonchev–Trinajstić information content (AvgIpc) is 2.83. The molecular formula is C14H15N3O3. The highest BCUT2D eigenvalue weighted by Crippen LogP contribution is 2.22. The van der Waals surface area contributed by atoms with Crippen LogP contribution in [0.25, 0.3) is 5.69 Å². The van der Waals surface area contributed by atoms with Gasteiger partial charge in [-0.15, -0.1) is 0 Å². The molecule has 0 saturated carbocycles. The number of nitrogens with one attached hydrogen (secondary N) is 1. The number of pyridine rings is 1. The van der Waals surface area contributed by atoms with Crippen LogP contribution in [-0.4, -0.2) is 28.0 Å². The number of carbonyl (C=O) groups is 2. The van der Waals surface area contributed by atoms with Crippen LogP contribution < -0.4 is 5.32 Å². The van der Waals surface area contributed by atoms with Crippen LogP contribution >= 0.6 is 0 Å². The van der Waals surface area contributed by atoms with Gasteiger partial charge in [0.05, 0.1) is 24.2 Å². The predicted octanol–water partition coefficient (Wildman–Crippen LogP) is 2.01. The van der Waals surface area contributed by atoms with Crippen LogP contribution in [0.3, 0.4) is 0 Å². The van der Waals surface area contributed by atoms with Crippen molar-refractivity contribution >= 4 is 17.6 Å². The Morgan fingerprint density at radius 2 is 2.20 bits per heavy atom. The Kier molecular flexibility index (Phi) is 4.14. The van der Waals surface area contributed by atoms with Gasteiger partial charge in [-0.25, -0.2) is 4.79 Å². The van der Waals surface area contributed by atoms with Crippen molar-refractivity contribution in [2.75, 3.05) is 11.9 Å². The molecule has 6 nitrogen and oxygen atoms in total. The number of amides is 1. The van der Waals surface area contributed by atoms with Crippen LogP contribution in [0, 0.1) is 0 Å². The van der Waals surface area contributed by atoms with E-state index in [1.807, 2.05) is 6.07 Å². The number of ether oxygens (including phenoxy) is 1. The van der Waals surface area contributed by atoms with Crippen molar-refractivity contribution in [3.8, 4) is 5.69 Å².